The minimum atomic E-state index is -0.823. The van der Waals surface area contributed by atoms with Crippen molar-refractivity contribution in [3.8, 4) is 0 Å². The Labute approximate surface area is 90.5 Å². The number of ether oxygens (including phenoxy) is 1. The van der Waals surface area contributed by atoms with E-state index in [0.29, 0.717) is 12.3 Å². The van der Waals surface area contributed by atoms with Gasteiger partial charge >= 0.3 is 0 Å². The minimum absolute atomic E-state index is 0.280. The number of carbonyl (C=O) groups is 1. The Morgan fingerprint density at radius 2 is 2.40 bits per heavy atom. The number of alkyl halides is 1. The summed E-state index contributed by atoms with van der Waals surface area (Å²) < 4.78 is 17.0. The molecule has 3 heteroatoms. The fourth-order valence-electron chi connectivity index (χ4n) is 2.15. The van der Waals surface area contributed by atoms with Gasteiger partial charge in [0.15, 0.2) is 5.78 Å². The van der Waals surface area contributed by atoms with Gasteiger partial charge in [-0.25, -0.2) is 4.39 Å². The van der Waals surface area contributed by atoms with Crippen molar-refractivity contribution in [3.63, 3.8) is 0 Å². The monoisotopic (exact) mass is 214 g/mol. The first-order valence-corrected chi connectivity index (χ1v) is 5.57. The van der Waals surface area contributed by atoms with Gasteiger partial charge in [-0.05, 0) is 37.2 Å². The third kappa shape index (κ3) is 4.02. The van der Waals surface area contributed by atoms with Crippen molar-refractivity contribution in [2.24, 2.45) is 5.92 Å². The molecule has 0 aromatic rings. The van der Waals surface area contributed by atoms with Crippen LogP contribution in [0.4, 0.5) is 4.39 Å². The predicted molar refractivity (Wildman–Crippen MR) is 57.3 cm³/mol. The molecule has 86 valence electrons. The zero-order valence-electron chi connectivity index (χ0n) is 9.30. The average Bonchev–Trinajstić information content (AvgIpc) is 2.28. The molecule has 0 aromatic heterocycles. The number of hydrogen-bond donors (Lipinski definition) is 0. The fourth-order valence-corrected chi connectivity index (χ4v) is 2.15. The summed E-state index contributed by atoms with van der Waals surface area (Å²) in [5.41, 5.74) is 1.29. The van der Waals surface area contributed by atoms with Crippen molar-refractivity contribution < 1.29 is 13.9 Å². The Morgan fingerprint density at radius 1 is 1.60 bits per heavy atom. The van der Waals surface area contributed by atoms with Crippen LogP contribution in [0.3, 0.4) is 0 Å². The van der Waals surface area contributed by atoms with Gasteiger partial charge < -0.3 is 4.74 Å². The molecule has 0 radical (unpaired) electrons. The number of hydrogen-bond acceptors (Lipinski definition) is 2. The maximum absolute atomic E-state index is 12.0. The first-order valence-electron chi connectivity index (χ1n) is 5.57. The third-order valence-corrected chi connectivity index (χ3v) is 2.98. The highest BCUT2D eigenvalue weighted by Crippen LogP contribution is 2.32. The Hall–Kier alpha value is -0.860. The average molecular weight is 214 g/mol. The summed E-state index contributed by atoms with van der Waals surface area (Å²) in [6.07, 6.45) is 7.50. The molecule has 0 N–H and O–H groups in total. The van der Waals surface area contributed by atoms with Gasteiger partial charge in [-0.2, -0.15) is 0 Å². The second-order valence-corrected chi connectivity index (χ2v) is 4.08. The van der Waals surface area contributed by atoms with E-state index in [1.807, 2.05) is 0 Å². The molecular weight excluding hydrogens is 195 g/mol. The summed E-state index contributed by atoms with van der Waals surface area (Å²) in [5.74, 6) is 0.145. The molecule has 2 nitrogen and oxygen atoms in total. The van der Waals surface area contributed by atoms with Crippen LogP contribution in [-0.2, 0) is 9.53 Å². The quantitative estimate of drug-likeness (QED) is 0.657. The van der Waals surface area contributed by atoms with Crippen LogP contribution in [0.2, 0.25) is 0 Å². The van der Waals surface area contributed by atoms with Crippen LogP contribution in [0.5, 0.6) is 0 Å². The molecule has 1 saturated carbocycles. The Bertz CT molecular complexity index is 236. The lowest BCUT2D eigenvalue weighted by molar-refractivity contribution is -0.120. The van der Waals surface area contributed by atoms with Crippen LogP contribution >= 0.6 is 0 Å². The van der Waals surface area contributed by atoms with E-state index in [2.05, 4.69) is 0 Å². The van der Waals surface area contributed by atoms with Crippen LogP contribution < -0.4 is 0 Å². The van der Waals surface area contributed by atoms with Gasteiger partial charge in [0.1, 0.15) is 6.67 Å². The first kappa shape index (κ1) is 12.2. The maximum atomic E-state index is 12.0. The van der Waals surface area contributed by atoms with Gasteiger partial charge in [0, 0.05) is 6.42 Å². The molecule has 0 spiro atoms. The molecule has 0 aliphatic heterocycles. The normalized spacial score (nSPS) is 24.1. The summed E-state index contributed by atoms with van der Waals surface area (Å²) in [5, 5.41) is 0. The molecule has 1 aliphatic carbocycles. The van der Waals surface area contributed by atoms with Crippen LogP contribution in [-0.4, -0.2) is 19.6 Å². The summed E-state index contributed by atoms with van der Waals surface area (Å²) in [6, 6.07) is 0. The van der Waals surface area contributed by atoms with Crippen LogP contribution in [0.1, 0.15) is 38.5 Å². The van der Waals surface area contributed by atoms with Gasteiger partial charge in [0.2, 0.25) is 0 Å². The van der Waals surface area contributed by atoms with Crippen molar-refractivity contribution in [1.29, 1.82) is 0 Å². The highest BCUT2D eigenvalue weighted by atomic mass is 19.1. The summed E-state index contributed by atoms with van der Waals surface area (Å²) in [7, 11) is 1.64. The smallest absolute Gasteiger partial charge is 0.163 e. The number of methoxy groups -OCH3 is 1. The second-order valence-electron chi connectivity index (χ2n) is 4.08. The van der Waals surface area contributed by atoms with Crippen molar-refractivity contribution in [3.05, 3.63) is 11.8 Å². The molecule has 0 bridgehead atoms. The topological polar surface area (TPSA) is 26.3 Å². The minimum Gasteiger partial charge on any atom is -0.504 e. The largest absolute Gasteiger partial charge is 0.504 e. The summed E-state index contributed by atoms with van der Waals surface area (Å²) in [6.45, 7) is -0.823. The molecule has 1 fully saturated rings. The van der Waals surface area contributed by atoms with Crippen LogP contribution in [0.25, 0.3) is 0 Å². The highest BCUT2D eigenvalue weighted by Gasteiger charge is 2.19. The van der Waals surface area contributed by atoms with Crippen molar-refractivity contribution in [2.75, 3.05) is 13.8 Å². The third-order valence-electron chi connectivity index (χ3n) is 2.98. The van der Waals surface area contributed by atoms with Gasteiger partial charge in [-0.15, -0.1) is 0 Å². The van der Waals surface area contributed by atoms with Crippen LogP contribution in [0, 0.1) is 5.92 Å². The standard InChI is InChI=1S/C12H19FO2/c1-15-9-11-5-3-2-4-10(11)6-7-12(14)8-13/h9-10H,2-8H2,1H3/b11-9+/t10-/m0/s1. The number of rotatable bonds is 5. The van der Waals surface area contributed by atoms with Crippen molar-refractivity contribution >= 4 is 5.78 Å². The van der Waals surface area contributed by atoms with E-state index in [1.54, 1.807) is 13.4 Å². The lowest BCUT2D eigenvalue weighted by atomic mass is 9.82. The molecule has 1 aliphatic rings. The molecule has 0 heterocycles. The molecule has 0 unspecified atom stereocenters. The van der Waals surface area contributed by atoms with Gasteiger partial charge in [0.25, 0.3) is 0 Å². The van der Waals surface area contributed by atoms with E-state index in [-0.39, 0.29) is 5.78 Å². The lowest BCUT2D eigenvalue weighted by Crippen LogP contribution is -2.13. The first-order chi connectivity index (χ1) is 7.27. The number of halogens is 1. The van der Waals surface area contributed by atoms with Gasteiger partial charge in [-0.1, -0.05) is 6.42 Å². The van der Waals surface area contributed by atoms with E-state index in [0.717, 1.165) is 19.3 Å². The molecule has 15 heavy (non-hydrogen) atoms. The molecule has 1 atom stereocenters. The number of ketones is 1. The number of carbonyl (C=O) groups excluding carboxylic acids is 1. The van der Waals surface area contributed by atoms with E-state index >= 15 is 0 Å². The molecule has 0 amide bonds. The number of Topliss-reactive ketones (excluding diaryl/α,β-unsaturated/α-hetero) is 1. The van der Waals surface area contributed by atoms with E-state index in [9.17, 15) is 9.18 Å². The zero-order chi connectivity index (χ0) is 11.1. The van der Waals surface area contributed by atoms with Gasteiger partial charge in [-0.3, -0.25) is 4.79 Å². The second kappa shape index (κ2) is 6.59. The summed E-state index contributed by atoms with van der Waals surface area (Å²) in [4.78, 5) is 10.9. The van der Waals surface area contributed by atoms with Crippen molar-refractivity contribution in [2.45, 2.75) is 38.5 Å². The fraction of sp³-hybridized carbons (Fsp3) is 0.750. The van der Waals surface area contributed by atoms with Gasteiger partial charge in [0.05, 0.1) is 13.4 Å². The maximum Gasteiger partial charge on any atom is 0.163 e. The SMILES string of the molecule is CO/C=C1\CCCC[C@H]1CCC(=O)CF. The Morgan fingerprint density at radius 3 is 3.07 bits per heavy atom. The van der Waals surface area contributed by atoms with E-state index in [1.165, 1.54) is 18.4 Å². The van der Waals surface area contributed by atoms with E-state index < -0.39 is 6.67 Å². The van der Waals surface area contributed by atoms with Crippen molar-refractivity contribution in [1.82, 2.24) is 0 Å². The number of allylic oxidation sites excluding steroid dienone is 1. The Kier molecular flexibility index (Phi) is 5.37. The molecular formula is C12H19FO2. The molecule has 0 saturated heterocycles. The van der Waals surface area contributed by atoms with Crippen LogP contribution in [0.15, 0.2) is 11.8 Å². The summed E-state index contributed by atoms with van der Waals surface area (Å²) >= 11 is 0. The Balaban J connectivity index is 2.42. The molecule has 1 rings (SSSR count). The molecule has 0 aromatic carbocycles. The van der Waals surface area contributed by atoms with E-state index in [4.69, 9.17) is 4.74 Å². The predicted octanol–water partition coefficient (Wildman–Crippen LogP) is 3.03. The highest BCUT2D eigenvalue weighted by molar-refractivity contribution is 5.79. The zero-order valence-corrected chi connectivity index (χ0v) is 9.30. The lowest BCUT2D eigenvalue weighted by Gasteiger charge is -2.24.